The van der Waals surface area contributed by atoms with Crippen LogP contribution in [0.25, 0.3) is 0 Å². The maximum absolute atomic E-state index is 12.4. The Hall–Kier alpha value is -0.790. The topological polar surface area (TPSA) is 33.2 Å². The Morgan fingerprint density at radius 3 is 2.74 bits per heavy atom. The predicted octanol–water partition coefficient (Wildman–Crippen LogP) is 2.96. The van der Waals surface area contributed by atoms with E-state index in [0.717, 1.165) is 30.6 Å². The van der Waals surface area contributed by atoms with Crippen LogP contribution in [0.2, 0.25) is 0 Å². The molecular formula is C15H21N2OP. The first-order valence-electron chi connectivity index (χ1n) is 7.24. The minimum absolute atomic E-state index is 0.292. The van der Waals surface area contributed by atoms with Crippen molar-refractivity contribution in [1.82, 2.24) is 9.65 Å². The molecule has 3 nitrogen and oxygen atoms in total. The summed E-state index contributed by atoms with van der Waals surface area (Å²) in [5.41, 5.74) is 4.66. The Morgan fingerprint density at radius 1 is 1.16 bits per heavy atom. The Morgan fingerprint density at radius 2 is 1.95 bits per heavy atom. The number of carbonyl (C=O) groups excluding carboxylic acids is 1. The fourth-order valence-corrected chi connectivity index (χ4v) is 3.81. The molecule has 0 bridgehead atoms. The maximum atomic E-state index is 12.4. The molecule has 0 saturated carbocycles. The molecule has 3 rings (SSSR count). The first kappa shape index (κ1) is 13.2. The molecule has 0 radical (unpaired) electrons. The smallest absolute Gasteiger partial charge is 0.179 e. The minimum Gasteiger partial charge on any atom is -0.293 e. The van der Waals surface area contributed by atoms with Gasteiger partial charge in [-0.05, 0) is 43.5 Å². The molecule has 4 heteroatoms. The van der Waals surface area contributed by atoms with Crippen LogP contribution in [-0.4, -0.2) is 28.6 Å². The summed E-state index contributed by atoms with van der Waals surface area (Å²) < 4.78 is 2.20. The summed E-state index contributed by atoms with van der Waals surface area (Å²) in [5, 5.41) is 0. The molecule has 2 aliphatic rings. The fourth-order valence-electron chi connectivity index (χ4n) is 3.20. The summed E-state index contributed by atoms with van der Waals surface area (Å²) in [6.07, 6.45) is 9.28. The molecule has 1 atom stereocenters. The van der Waals surface area contributed by atoms with Crippen LogP contribution in [0.1, 0.15) is 52.9 Å². The molecule has 1 unspecified atom stereocenters. The molecular weight excluding hydrogens is 255 g/mol. The monoisotopic (exact) mass is 276 g/mol. The number of hydrogen-bond donors (Lipinski definition) is 0. The zero-order valence-corrected chi connectivity index (χ0v) is 12.5. The number of rotatable bonds is 1. The molecule has 1 aliphatic carbocycles. The summed E-state index contributed by atoms with van der Waals surface area (Å²) in [4.78, 5) is 17.0. The van der Waals surface area contributed by atoms with E-state index in [0.29, 0.717) is 21.1 Å². The zero-order valence-electron chi connectivity index (χ0n) is 11.5. The van der Waals surface area contributed by atoms with E-state index in [2.05, 4.69) is 16.3 Å². The predicted molar refractivity (Wildman–Crippen MR) is 79.1 cm³/mol. The summed E-state index contributed by atoms with van der Waals surface area (Å²) in [5.74, 6) is 0.292. The lowest BCUT2D eigenvalue weighted by Crippen LogP contribution is -2.31. The quantitative estimate of drug-likeness (QED) is 0.739. The largest absolute Gasteiger partial charge is 0.293 e. The second-order valence-corrected chi connectivity index (χ2v) is 6.58. The van der Waals surface area contributed by atoms with Gasteiger partial charge in [-0.2, -0.15) is 0 Å². The Bertz CT molecular complexity index is 501. The zero-order chi connectivity index (χ0) is 13.2. The van der Waals surface area contributed by atoms with Crippen molar-refractivity contribution in [2.24, 2.45) is 0 Å². The molecule has 0 saturated heterocycles. The second kappa shape index (κ2) is 5.68. The van der Waals surface area contributed by atoms with Crippen LogP contribution in [0.3, 0.4) is 0 Å². The molecule has 1 aromatic heterocycles. The fraction of sp³-hybridized carbons (Fsp3) is 0.600. The third kappa shape index (κ3) is 2.59. The van der Waals surface area contributed by atoms with Crippen molar-refractivity contribution in [3.05, 3.63) is 28.6 Å². The highest BCUT2D eigenvalue weighted by Crippen LogP contribution is 2.30. The number of pyridine rings is 1. The van der Waals surface area contributed by atoms with Crippen molar-refractivity contribution >= 4 is 14.5 Å². The van der Waals surface area contributed by atoms with E-state index >= 15 is 0 Å². The maximum Gasteiger partial charge on any atom is 0.179 e. The van der Waals surface area contributed by atoms with Crippen LogP contribution >= 0.6 is 8.73 Å². The minimum atomic E-state index is 0.292. The molecule has 19 heavy (non-hydrogen) atoms. The van der Waals surface area contributed by atoms with Gasteiger partial charge < -0.3 is 0 Å². The Balaban J connectivity index is 2.03. The summed E-state index contributed by atoms with van der Waals surface area (Å²) >= 11 is 0. The van der Waals surface area contributed by atoms with Gasteiger partial charge in [0.05, 0.1) is 12.2 Å². The molecule has 0 fully saturated rings. The number of Topliss-reactive ketones (excluding diaryl/α,β-unsaturated/α-hetero) is 1. The van der Waals surface area contributed by atoms with Crippen molar-refractivity contribution in [1.29, 1.82) is 0 Å². The number of aryl methyl sites for hydroxylation is 1. The summed E-state index contributed by atoms with van der Waals surface area (Å²) in [6.45, 7) is 3.56. The van der Waals surface area contributed by atoms with Gasteiger partial charge in [-0.3, -0.25) is 14.4 Å². The summed E-state index contributed by atoms with van der Waals surface area (Å²) in [7, 11) is 0.684. The van der Waals surface area contributed by atoms with Gasteiger partial charge >= 0.3 is 0 Å². The first-order chi connectivity index (χ1) is 9.29. The normalized spacial score (nSPS) is 21.0. The number of carbonyl (C=O) groups is 1. The van der Waals surface area contributed by atoms with Crippen LogP contribution in [0, 0.1) is 0 Å². The third-order valence-electron chi connectivity index (χ3n) is 4.25. The molecule has 1 aliphatic heterocycles. The second-order valence-electron chi connectivity index (χ2n) is 5.50. The van der Waals surface area contributed by atoms with Crippen LogP contribution in [-0.2, 0) is 19.4 Å². The lowest BCUT2D eigenvalue weighted by atomic mass is 9.88. The van der Waals surface area contributed by atoms with Crippen molar-refractivity contribution in [2.45, 2.75) is 45.1 Å². The molecule has 1 aromatic rings. The number of aromatic nitrogens is 1. The van der Waals surface area contributed by atoms with E-state index in [9.17, 15) is 4.79 Å². The number of hydrogen-bond acceptors (Lipinski definition) is 3. The van der Waals surface area contributed by atoms with Gasteiger partial charge in [0.2, 0.25) is 0 Å². The number of fused-ring (bicyclic) bond motifs is 3. The average molecular weight is 276 g/mol. The molecule has 0 amide bonds. The van der Waals surface area contributed by atoms with Crippen LogP contribution in [0.5, 0.6) is 0 Å². The van der Waals surface area contributed by atoms with Crippen molar-refractivity contribution in [3.8, 4) is 0 Å². The Labute approximate surface area is 116 Å². The average Bonchev–Trinajstić information content (AvgIpc) is 2.38. The first-order valence-corrected chi connectivity index (χ1v) is 8.69. The highest BCUT2D eigenvalue weighted by molar-refractivity contribution is 7.34. The van der Waals surface area contributed by atoms with Gasteiger partial charge in [-0.15, -0.1) is 0 Å². The van der Waals surface area contributed by atoms with Crippen LogP contribution in [0.15, 0.2) is 6.20 Å². The van der Waals surface area contributed by atoms with E-state index in [1.165, 1.54) is 36.8 Å². The molecule has 102 valence electrons. The van der Waals surface area contributed by atoms with E-state index in [4.69, 9.17) is 0 Å². The SMILES string of the molecule is CPN1CC(=O)c2c(ncc3c2CCCCCC3)C1. The van der Waals surface area contributed by atoms with Gasteiger partial charge in [0.25, 0.3) is 0 Å². The van der Waals surface area contributed by atoms with Gasteiger partial charge in [-0.25, -0.2) is 0 Å². The lowest BCUT2D eigenvalue weighted by molar-refractivity contribution is 0.0950. The number of ketones is 1. The Kier molecular flexibility index (Phi) is 3.95. The molecule has 2 heterocycles. The van der Waals surface area contributed by atoms with Crippen molar-refractivity contribution in [3.63, 3.8) is 0 Å². The van der Waals surface area contributed by atoms with E-state index in [-0.39, 0.29) is 0 Å². The van der Waals surface area contributed by atoms with Gasteiger partial charge in [0.15, 0.2) is 5.78 Å². The van der Waals surface area contributed by atoms with Gasteiger partial charge in [0, 0.05) is 18.3 Å². The van der Waals surface area contributed by atoms with Crippen LogP contribution in [0.4, 0.5) is 0 Å². The van der Waals surface area contributed by atoms with Crippen LogP contribution < -0.4 is 0 Å². The summed E-state index contributed by atoms with van der Waals surface area (Å²) in [6, 6.07) is 0. The van der Waals surface area contributed by atoms with Crippen molar-refractivity contribution < 1.29 is 4.79 Å². The van der Waals surface area contributed by atoms with E-state index in [1.54, 1.807) is 0 Å². The lowest BCUT2D eigenvalue weighted by Gasteiger charge is -2.28. The van der Waals surface area contributed by atoms with E-state index < -0.39 is 0 Å². The van der Waals surface area contributed by atoms with E-state index in [1.807, 2.05) is 6.20 Å². The highest BCUT2D eigenvalue weighted by atomic mass is 31.1. The van der Waals surface area contributed by atoms with Crippen molar-refractivity contribution in [2.75, 3.05) is 13.2 Å². The molecule has 0 N–H and O–H groups in total. The highest BCUT2D eigenvalue weighted by Gasteiger charge is 2.27. The number of nitrogens with zero attached hydrogens (tertiary/aromatic N) is 2. The molecule has 0 aromatic carbocycles. The molecule has 0 spiro atoms. The van der Waals surface area contributed by atoms with Gasteiger partial charge in [0.1, 0.15) is 0 Å². The standard InChI is InChI=1S/C15H21N2OP/c1-19-17-9-13-15(14(18)10-17)12-7-5-3-2-4-6-11(12)8-16-13/h8,19H,2-7,9-10H2,1H3. The van der Waals surface area contributed by atoms with Gasteiger partial charge in [-0.1, -0.05) is 21.6 Å². The third-order valence-corrected chi connectivity index (χ3v) is 5.20.